The molecule has 0 atom stereocenters. The maximum absolute atomic E-state index is 13.2. The Balaban J connectivity index is 1.48. The molecular weight excluding hydrogens is 490 g/mol. The molecule has 168 valence electrons. The lowest BCUT2D eigenvalue weighted by Gasteiger charge is -2.14. The highest BCUT2D eigenvalue weighted by Gasteiger charge is 2.33. The minimum atomic E-state index is -0.410. The number of hydrogen-bond acceptors (Lipinski definition) is 5. The fourth-order valence-corrected chi connectivity index (χ4v) is 5.28. The van der Waals surface area contributed by atoms with Crippen molar-refractivity contribution in [1.82, 2.24) is 4.57 Å². The zero-order valence-electron chi connectivity index (χ0n) is 17.6. The van der Waals surface area contributed by atoms with Crippen molar-refractivity contribution in [1.29, 1.82) is 0 Å². The van der Waals surface area contributed by atoms with Gasteiger partial charge in [0, 0.05) is 46.4 Å². The second-order valence-corrected chi connectivity index (χ2v) is 9.76. The maximum atomic E-state index is 13.2. The van der Waals surface area contributed by atoms with Gasteiger partial charge in [0.15, 0.2) is 4.32 Å². The summed E-state index contributed by atoms with van der Waals surface area (Å²) in [4.78, 5) is 25.8. The van der Waals surface area contributed by atoms with Crippen LogP contribution < -0.4 is 4.90 Å². The highest BCUT2D eigenvalue weighted by molar-refractivity contribution is 8.27. The zero-order valence-corrected chi connectivity index (χ0v) is 19.9. The minimum absolute atomic E-state index is 0.0597. The van der Waals surface area contributed by atoms with Crippen molar-refractivity contribution >= 4 is 74.2 Å². The van der Waals surface area contributed by atoms with Crippen LogP contribution in [0.3, 0.4) is 0 Å². The van der Waals surface area contributed by atoms with Crippen LogP contribution in [0.2, 0.25) is 5.02 Å². The first kappa shape index (κ1) is 22.3. The second-order valence-electron chi connectivity index (χ2n) is 7.65. The van der Waals surface area contributed by atoms with E-state index in [0.29, 0.717) is 26.5 Å². The molecule has 1 aromatic heterocycles. The predicted octanol–water partition coefficient (Wildman–Crippen LogP) is 6.66. The third-order valence-electron chi connectivity index (χ3n) is 5.48. The number of aromatic nitrogens is 1. The van der Waals surface area contributed by atoms with Crippen molar-refractivity contribution < 1.29 is 9.72 Å². The maximum Gasteiger partial charge on any atom is 0.270 e. The van der Waals surface area contributed by atoms with Gasteiger partial charge in [0.2, 0.25) is 0 Å². The van der Waals surface area contributed by atoms with E-state index in [4.69, 9.17) is 23.8 Å². The highest BCUT2D eigenvalue weighted by Crippen LogP contribution is 2.37. The van der Waals surface area contributed by atoms with Crippen LogP contribution in [0.5, 0.6) is 0 Å². The molecule has 0 aliphatic carbocycles. The Kier molecular flexibility index (Phi) is 5.95. The lowest BCUT2D eigenvalue weighted by atomic mass is 10.1. The van der Waals surface area contributed by atoms with Crippen LogP contribution in [0.1, 0.15) is 11.1 Å². The van der Waals surface area contributed by atoms with Crippen molar-refractivity contribution in [3.05, 3.63) is 110 Å². The van der Waals surface area contributed by atoms with Gasteiger partial charge in [-0.2, -0.15) is 0 Å². The minimum Gasteiger partial charge on any atom is -0.342 e. The average molecular weight is 506 g/mol. The van der Waals surface area contributed by atoms with E-state index >= 15 is 0 Å². The largest absolute Gasteiger partial charge is 0.342 e. The van der Waals surface area contributed by atoms with E-state index in [2.05, 4.69) is 4.57 Å². The molecule has 2 heterocycles. The molecular formula is C25H16ClN3O3S2. The van der Waals surface area contributed by atoms with E-state index in [0.717, 1.165) is 22.0 Å². The fraction of sp³-hybridized carbons (Fsp3) is 0.0400. The lowest BCUT2D eigenvalue weighted by molar-refractivity contribution is -0.384. The Morgan fingerprint density at radius 2 is 1.74 bits per heavy atom. The Hall–Kier alpha value is -3.46. The number of hydrogen-bond donors (Lipinski definition) is 0. The number of benzene rings is 3. The third-order valence-corrected chi connectivity index (χ3v) is 7.04. The van der Waals surface area contributed by atoms with E-state index in [1.807, 2.05) is 36.5 Å². The molecule has 1 aliphatic rings. The van der Waals surface area contributed by atoms with Crippen LogP contribution in [0.15, 0.2) is 83.9 Å². The van der Waals surface area contributed by atoms with E-state index in [-0.39, 0.29) is 11.6 Å². The summed E-state index contributed by atoms with van der Waals surface area (Å²) >= 11 is 12.7. The molecule has 9 heteroatoms. The van der Waals surface area contributed by atoms with Crippen molar-refractivity contribution in [2.75, 3.05) is 4.90 Å². The normalized spacial score (nSPS) is 15.0. The van der Waals surface area contributed by atoms with Gasteiger partial charge >= 0.3 is 0 Å². The number of halogens is 1. The van der Waals surface area contributed by atoms with Gasteiger partial charge in [-0.3, -0.25) is 19.8 Å². The highest BCUT2D eigenvalue weighted by atomic mass is 35.5. The number of nitro benzene ring substituents is 1. The van der Waals surface area contributed by atoms with Crippen LogP contribution in [-0.4, -0.2) is 19.7 Å². The Morgan fingerprint density at radius 3 is 2.44 bits per heavy atom. The number of carbonyl (C=O) groups excluding carboxylic acids is 1. The summed E-state index contributed by atoms with van der Waals surface area (Å²) in [6.07, 6.45) is 3.85. The summed E-state index contributed by atoms with van der Waals surface area (Å²) < 4.78 is 2.54. The van der Waals surface area contributed by atoms with Crippen LogP contribution in [0, 0.1) is 10.1 Å². The van der Waals surface area contributed by atoms with E-state index < -0.39 is 4.92 Å². The summed E-state index contributed by atoms with van der Waals surface area (Å²) in [7, 11) is 0. The van der Waals surface area contributed by atoms with E-state index in [9.17, 15) is 14.9 Å². The molecule has 1 fully saturated rings. The molecule has 0 unspecified atom stereocenters. The molecule has 3 aromatic carbocycles. The van der Waals surface area contributed by atoms with Gasteiger partial charge in [-0.25, -0.2) is 0 Å². The standard InChI is InChI=1S/C25H16ClN3O3S2/c26-18-7-11-19(12-8-18)28-24(30)23(34-25(28)33)13-17-15-27(22-4-2-1-3-21(17)22)14-16-5-9-20(10-6-16)29(31)32/h1-13,15H,14H2/b23-13+. The van der Waals surface area contributed by atoms with Crippen molar-refractivity contribution in [2.45, 2.75) is 6.54 Å². The molecule has 0 saturated carbocycles. The van der Waals surface area contributed by atoms with Gasteiger partial charge in [0.1, 0.15) is 0 Å². The molecule has 0 spiro atoms. The van der Waals surface area contributed by atoms with Gasteiger partial charge in [-0.1, -0.05) is 65.9 Å². The zero-order chi connectivity index (χ0) is 23.8. The number of para-hydroxylation sites is 1. The smallest absolute Gasteiger partial charge is 0.270 e. The van der Waals surface area contributed by atoms with Gasteiger partial charge in [-0.15, -0.1) is 0 Å². The molecule has 0 bridgehead atoms. The molecule has 1 saturated heterocycles. The van der Waals surface area contributed by atoms with E-state index in [1.165, 1.54) is 28.8 Å². The summed E-state index contributed by atoms with van der Waals surface area (Å²) in [6, 6.07) is 21.4. The number of thioether (sulfide) groups is 1. The number of thiocarbonyl (C=S) groups is 1. The molecule has 0 radical (unpaired) electrons. The number of rotatable bonds is 5. The number of fused-ring (bicyclic) bond motifs is 1. The fourth-order valence-electron chi connectivity index (χ4n) is 3.86. The molecule has 0 N–H and O–H groups in total. The first-order valence-corrected chi connectivity index (χ1v) is 11.9. The van der Waals surface area contributed by atoms with Crippen LogP contribution in [0.4, 0.5) is 11.4 Å². The van der Waals surface area contributed by atoms with Gasteiger partial charge in [-0.05, 0) is 42.0 Å². The lowest BCUT2D eigenvalue weighted by Crippen LogP contribution is -2.27. The second kappa shape index (κ2) is 9.06. The van der Waals surface area contributed by atoms with Gasteiger partial charge in [0.05, 0.1) is 15.5 Å². The van der Waals surface area contributed by atoms with Gasteiger partial charge in [0.25, 0.3) is 11.6 Å². The van der Waals surface area contributed by atoms with Crippen LogP contribution in [-0.2, 0) is 11.3 Å². The summed E-state index contributed by atoms with van der Waals surface area (Å²) in [5, 5.41) is 12.5. The molecule has 5 rings (SSSR count). The quantitative estimate of drug-likeness (QED) is 0.131. The van der Waals surface area contributed by atoms with Crippen molar-refractivity contribution in [3.63, 3.8) is 0 Å². The van der Waals surface area contributed by atoms with Gasteiger partial charge < -0.3 is 4.57 Å². The Morgan fingerprint density at radius 1 is 1.03 bits per heavy atom. The van der Waals surface area contributed by atoms with Crippen LogP contribution in [0.25, 0.3) is 17.0 Å². The van der Waals surface area contributed by atoms with Crippen LogP contribution >= 0.6 is 35.6 Å². The van der Waals surface area contributed by atoms with Crippen molar-refractivity contribution in [2.24, 2.45) is 0 Å². The average Bonchev–Trinajstić information content (AvgIpc) is 3.31. The molecule has 6 nitrogen and oxygen atoms in total. The number of nitrogens with zero attached hydrogens (tertiary/aromatic N) is 3. The molecule has 1 amide bonds. The molecule has 1 aliphatic heterocycles. The molecule has 4 aromatic rings. The number of carbonyl (C=O) groups is 1. The summed E-state index contributed by atoms with van der Waals surface area (Å²) in [6.45, 7) is 0.540. The summed E-state index contributed by atoms with van der Waals surface area (Å²) in [5.74, 6) is -0.176. The summed E-state index contributed by atoms with van der Waals surface area (Å²) in [5.41, 5.74) is 3.57. The molecule has 34 heavy (non-hydrogen) atoms. The number of non-ortho nitro benzene ring substituents is 1. The third kappa shape index (κ3) is 4.23. The first-order chi connectivity index (χ1) is 16.4. The Labute approximate surface area is 209 Å². The topological polar surface area (TPSA) is 68.4 Å². The number of nitro groups is 1. The monoisotopic (exact) mass is 505 g/mol. The van der Waals surface area contributed by atoms with E-state index in [1.54, 1.807) is 36.4 Å². The number of anilines is 1. The first-order valence-electron chi connectivity index (χ1n) is 10.3. The number of amides is 1. The predicted molar refractivity (Wildman–Crippen MR) is 141 cm³/mol. The van der Waals surface area contributed by atoms with Crippen molar-refractivity contribution in [3.8, 4) is 0 Å². The SMILES string of the molecule is O=C1/C(=C\c2cn(Cc3ccc([N+](=O)[O-])cc3)c3ccccc23)SC(=S)N1c1ccc(Cl)cc1. The Bertz CT molecular complexity index is 1480.